The molecule has 2 aromatic rings. The molecule has 0 aliphatic carbocycles. The number of carbonyl (C=O) groups excluding carboxylic acids is 1. The SMILES string of the molecule is COc1ccc(S[C@H](C)C(=O)Nc2ccc(F)c(Cl)c2)cc1OC. The van der Waals surface area contributed by atoms with Crippen molar-refractivity contribution >= 4 is 35.0 Å². The molecule has 0 bridgehead atoms. The van der Waals surface area contributed by atoms with Gasteiger partial charge in [-0.05, 0) is 43.3 Å². The molecule has 24 heavy (non-hydrogen) atoms. The summed E-state index contributed by atoms with van der Waals surface area (Å²) in [7, 11) is 3.12. The van der Waals surface area contributed by atoms with E-state index in [1.165, 1.54) is 30.0 Å². The number of carbonyl (C=O) groups is 1. The summed E-state index contributed by atoms with van der Waals surface area (Å²) in [6.45, 7) is 1.78. The number of nitrogens with one attached hydrogen (secondary N) is 1. The molecule has 0 saturated carbocycles. The maximum absolute atomic E-state index is 13.1. The van der Waals surface area contributed by atoms with Crippen LogP contribution in [0.3, 0.4) is 0 Å². The smallest absolute Gasteiger partial charge is 0.237 e. The number of amides is 1. The monoisotopic (exact) mass is 369 g/mol. The Bertz CT molecular complexity index is 742. The number of methoxy groups -OCH3 is 2. The van der Waals surface area contributed by atoms with Crippen molar-refractivity contribution in [1.82, 2.24) is 0 Å². The molecule has 0 aliphatic heterocycles. The maximum Gasteiger partial charge on any atom is 0.237 e. The Labute approximate surface area is 149 Å². The van der Waals surface area contributed by atoms with E-state index < -0.39 is 5.82 Å². The standard InChI is InChI=1S/C17H17ClFNO3S/c1-10(17(21)20-11-4-6-14(19)13(18)8-11)24-12-5-7-15(22-2)16(9-12)23-3/h4-10H,1-3H3,(H,20,21)/t10-/m1/s1. The number of ether oxygens (including phenoxy) is 2. The lowest BCUT2D eigenvalue weighted by Gasteiger charge is -2.14. The summed E-state index contributed by atoms with van der Waals surface area (Å²) in [5, 5.41) is 2.31. The van der Waals surface area contributed by atoms with E-state index in [0.717, 1.165) is 4.90 Å². The molecule has 1 amide bonds. The van der Waals surface area contributed by atoms with Crippen LogP contribution in [0, 0.1) is 5.82 Å². The third-order valence-corrected chi connectivity index (χ3v) is 4.61. The molecule has 2 aromatic carbocycles. The molecular formula is C17H17ClFNO3S. The Morgan fingerprint density at radius 2 is 1.88 bits per heavy atom. The van der Waals surface area contributed by atoms with Crippen molar-refractivity contribution in [2.45, 2.75) is 17.1 Å². The first-order chi connectivity index (χ1) is 11.4. The molecule has 0 aromatic heterocycles. The van der Waals surface area contributed by atoms with Crippen LogP contribution < -0.4 is 14.8 Å². The minimum atomic E-state index is -0.526. The van der Waals surface area contributed by atoms with Gasteiger partial charge in [-0.2, -0.15) is 0 Å². The number of hydrogen-bond acceptors (Lipinski definition) is 4. The van der Waals surface area contributed by atoms with E-state index in [9.17, 15) is 9.18 Å². The zero-order chi connectivity index (χ0) is 17.7. The highest BCUT2D eigenvalue weighted by molar-refractivity contribution is 8.00. The van der Waals surface area contributed by atoms with Crippen molar-refractivity contribution in [1.29, 1.82) is 0 Å². The van der Waals surface area contributed by atoms with Gasteiger partial charge >= 0.3 is 0 Å². The van der Waals surface area contributed by atoms with Crippen LogP contribution in [0.5, 0.6) is 11.5 Å². The second-order valence-electron chi connectivity index (χ2n) is 4.90. The van der Waals surface area contributed by atoms with E-state index in [1.807, 2.05) is 12.1 Å². The Morgan fingerprint density at radius 3 is 2.50 bits per heavy atom. The van der Waals surface area contributed by atoms with Crippen molar-refractivity contribution in [3.63, 3.8) is 0 Å². The molecule has 0 spiro atoms. The zero-order valence-electron chi connectivity index (χ0n) is 13.4. The molecular weight excluding hydrogens is 353 g/mol. The van der Waals surface area contributed by atoms with Crippen LogP contribution >= 0.6 is 23.4 Å². The number of benzene rings is 2. The second-order valence-corrected chi connectivity index (χ2v) is 6.72. The van der Waals surface area contributed by atoms with Gasteiger partial charge in [0, 0.05) is 10.6 Å². The Hall–Kier alpha value is -1.92. The molecule has 4 nitrogen and oxygen atoms in total. The van der Waals surface area contributed by atoms with Crippen molar-refractivity contribution in [2.75, 3.05) is 19.5 Å². The average molecular weight is 370 g/mol. The fraction of sp³-hybridized carbons (Fsp3) is 0.235. The summed E-state index contributed by atoms with van der Waals surface area (Å²) in [4.78, 5) is 13.1. The third kappa shape index (κ3) is 4.55. The largest absolute Gasteiger partial charge is 0.493 e. The number of hydrogen-bond donors (Lipinski definition) is 1. The Kier molecular flexibility index (Phi) is 6.34. The van der Waals surface area contributed by atoms with Gasteiger partial charge in [0.2, 0.25) is 5.91 Å². The van der Waals surface area contributed by atoms with Gasteiger partial charge in [0.15, 0.2) is 11.5 Å². The van der Waals surface area contributed by atoms with Gasteiger partial charge < -0.3 is 14.8 Å². The first-order valence-corrected chi connectivity index (χ1v) is 8.35. The summed E-state index contributed by atoms with van der Waals surface area (Å²) in [5.74, 6) is 0.486. The van der Waals surface area contributed by atoms with Crippen LogP contribution in [0.2, 0.25) is 5.02 Å². The minimum Gasteiger partial charge on any atom is -0.493 e. The van der Waals surface area contributed by atoms with E-state index in [0.29, 0.717) is 17.2 Å². The zero-order valence-corrected chi connectivity index (χ0v) is 15.0. The highest BCUT2D eigenvalue weighted by atomic mass is 35.5. The molecule has 7 heteroatoms. The number of anilines is 1. The number of halogens is 2. The molecule has 0 saturated heterocycles. The maximum atomic E-state index is 13.1. The van der Waals surface area contributed by atoms with E-state index in [4.69, 9.17) is 21.1 Å². The van der Waals surface area contributed by atoms with E-state index in [1.54, 1.807) is 27.2 Å². The summed E-state index contributed by atoms with van der Waals surface area (Å²) in [6, 6.07) is 9.50. The quantitative estimate of drug-likeness (QED) is 0.755. The summed E-state index contributed by atoms with van der Waals surface area (Å²) >= 11 is 7.08. The van der Waals surface area contributed by atoms with E-state index in [2.05, 4.69) is 5.32 Å². The highest BCUT2D eigenvalue weighted by Gasteiger charge is 2.16. The van der Waals surface area contributed by atoms with Crippen molar-refractivity contribution < 1.29 is 18.7 Å². The fourth-order valence-electron chi connectivity index (χ4n) is 1.97. The predicted molar refractivity (Wildman–Crippen MR) is 94.9 cm³/mol. The summed E-state index contributed by atoms with van der Waals surface area (Å²) in [5.41, 5.74) is 0.450. The molecule has 0 unspecified atom stereocenters. The number of rotatable bonds is 6. The van der Waals surface area contributed by atoms with Crippen LogP contribution in [0.1, 0.15) is 6.92 Å². The van der Waals surface area contributed by atoms with Gasteiger partial charge in [0.05, 0.1) is 24.5 Å². The van der Waals surface area contributed by atoms with Gasteiger partial charge in [0.1, 0.15) is 5.82 Å². The van der Waals surface area contributed by atoms with Gasteiger partial charge in [-0.1, -0.05) is 11.6 Å². The first kappa shape index (κ1) is 18.4. The third-order valence-electron chi connectivity index (χ3n) is 3.22. The van der Waals surface area contributed by atoms with Crippen LogP contribution in [0.15, 0.2) is 41.3 Å². The Morgan fingerprint density at radius 1 is 1.17 bits per heavy atom. The lowest BCUT2D eigenvalue weighted by atomic mass is 10.3. The lowest BCUT2D eigenvalue weighted by Crippen LogP contribution is -2.22. The molecule has 0 heterocycles. The second kappa shape index (κ2) is 8.26. The van der Waals surface area contributed by atoms with Crippen molar-refractivity contribution in [2.24, 2.45) is 0 Å². The van der Waals surface area contributed by atoms with Gasteiger partial charge in [0.25, 0.3) is 0 Å². The first-order valence-electron chi connectivity index (χ1n) is 7.09. The molecule has 1 atom stereocenters. The van der Waals surface area contributed by atoms with Crippen LogP contribution in [-0.2, 0) is 4.79 Å². The lowest BCUT2D eigenvalue weighted by molar-refractivity contribution is -0.115. The average Bonchev–Trinajstić information content (AvgIpc) is 2.57. The molecule has 2 rings (SSSR count). The summed E-state index contributed by atoms with van der Waals surface area (Å²) < 4.78 is 23.6. The van der Waals surface area contributed by atoms with E-state index in [-0.39, 0.29) is 16.2 Å². The minimum absolute atomic E-state index is 0.0343. The van der Waals surface area contributed by atoms with Crippen molar-refractivity contribution in [3.8, 4) is 11.5 Å². The molecule has 1 N–H and O–H groups in total. The van der Waals surface area contributed by atoms with Crippen LogP contribution in [0.4, 0.5) is 10.1 Å². The van der Waals surface area contributed by atoms with E-state index >= 15 is 0 Å². The van der Waals surface area contributed by atoms with Crippen molar-refractivity contribution in [3.05, 3.63) is 47.2 Å². The van der Waals surface area contributed by atoms with Gasteiger partial charge in [-0.25, -0.2) is 4.39 Å². The highest BCUT2D eigenvalue weighted by Crippen LogP contribution is 2.33. The summed E-state index contributed by atoms with van der Waals surface area (Å²) in [6.07, 6.45) is 0. The normalized spacial score (nSPS) is 11.7. The van der Waals surface area contributed by atoms with Gasteiger partial charge in [-0.15, -0.1) is 11.8 Å². The topological polar surface area (TPSA) is 47.6 Å². The van der Waals surface area contributed by atoms with Gasteiger partial charge in [-0.3, -0.25) is 4.79 Å². The van der Waals surface area contributed by atoms with Crippen LogP contribution in [0.25, 0.3) is 0 Å². The Balaban J connectivity index is 2.04. The van der Waals surface area contributed by atoms with Crippen LogP contribution in [-0.4, -0.2) is 25.4 Å². The molecule has 128 valence electrons. The number of thioether (sulfide) groups is 1. The predicted octanol–water partition coefficient (Wildman–Crippen LogP) is 4.62. The molecule has 0 fully saturated rings. The fourth-order valence-corrected chi connectivity index (χ4v) is 3.04. The molecule has 0 aliphatic rings. The molecule has 0 radical (unpaired) electrons.